The molecule has 0 N–H and O–H groups in total. The fraction of sp³-hybridized carbons (Fsp3) is 0.154. The van der Waals surface area contributed by atoms with Crippen LogP contribution in [0.3, 0.4) is 0 Å². The van der Waals surface area contributed by atoms with E-state index in [0.29, 0.717) is 5.71 Å². The van der Waals surface area contributed by atoms with Crippen LogP contribution in [0.15, 0.2) is 120 Å². The molecule has 0 saturated carbocycles. The Hall–Kier alpha value is -4.44. The minimum absolute atomic E-state index is 0. The van der Waals surface area contributed by atoms with Gasteiger partial charge >= 0.3 is 0 Å². The van der Waals surface area contributed by atoms with Gasteiger partial charge in [-0.05, 0) is 46.1 Å². The van der Waals surface area contributed by atoms with E-state index in [1.54, 1.807) is 6.20 Å². The Labute approximate surface area is 272 Å². The Bertz CT molecular complexity index is 1960. The Kier molecular flexibility index (Phi) is 9.49. The van der Waals surface area contributed by atoms with E-state index in [0.717, 1.165) is 51.0 Å². The van der Waals surface area contributed by atoms with Crippen molar-refractivity contribution in [2.24, 2.45) is 0 Å². The van der Waals surface area contributed by atoms with Crippen LogP contribution in [0.4, 0.5) is 0 Å². The molecule has 5 heteroatoms. The predicted octanol–water partition coefficient (Wildman–Crippen LogP) is 9.59. The summed E-state index contributed by atoms with van der Waals surface area (Å²) in [5.74, 6) is 0. The van der Waals surface area contributed by atoms with Crippen LogP contribution in [0.1, 0.15) is 43.2 Å². The van der Waals surface area contributed by atoms with Crippen molar-refractivity contribution in [1.82, 2.24) is 15.0 Å². The molecule has 0 aliphatic rings. The number of hydrogen-bond acceptors (Lipinski definition) is 4. The van der Waals surface area contributed by atoms with Crippen molar-refractivity contribution >= 4 is 22.1 Å². The van der Waals surface area contributed by atoms with Crippen molar-refractivity contribution in [3.05, 3.63) is 150 Å². The normalized spacial score (nSPS) is 11.1. The first kappa shape index (κ1) is 31.0. The summed E-state index contributed by atoms with van der Waals surface area (Å²) in [5.41, 5.74) is 10.1. The smallest absolute Gasteiger partial charge is 0.216 e. The molecular formula is C39H33IrN3O-2. The molecule has 0 bridgehead atoms. The van der Waals surface area contributed by atoms with E-state index in [9.17, 15) is 0 Å². The van der Waals surface area contributed by atoms with Crippen LogP contribution >= 0.6 is 0 Å². The van der Waals surface area contributed by atoms with Crippen LogP contribution in [0.2, 0.25) is 0 Å². The fourth-order valence-corrected chi connectivity index (χ4v) is 4.92. The second-order valence-electron chi connectivity index (χ2n) is 11.7. The molecule has 0 spiro atoms. The number of pyridine rings is 3. The van der Waals surface area contributed by atoms with E-state index in [4.69, 9.17) is 9.40 Å². The van der Waals surface area contributed by atoms with Crippen molar-refractivity contribution in [2.75, 3.05) is 0 Å². The van der Waals surface area contributed by atoms with Gasteiger partial charge in [0.1, 0.15) is 0 Å². The zero-order chi connectivity index (χ0) is 29.8. The van der Waals surface area contributed by atoms with Crippen LogP contribution in [0, 0.1) is 19.1 Å². The molecule has 3 aromatic carbocycles. The molecule has 1 radical (unpaired) electrons. The van der Waals surface area contributed by atoms with E-state index in [1.165, 1.54) is 16.7 Å². The Morgan fingerprint density at radius 3 is 2.25 bits per heavy atom. The van der Waals surface area contributed by atoms with Gasteiger partial charge in [-0.1, -0.05) is 93.2 Å². The van der Waals surface area contributed by atoms with Crippen LogP contribution in [0.25, 0.3) is 44.6 Å². The predicted molar refractivity (Wildman–Crippen MR) is 175 cm³/mol. The SMILES string of the molecule is Cc1c[c-]c(-c2ccc(C(C)(C)C)cn2)cc1.[Ir].[c-]1ccc2c(oc3nc(Cc4ccccc4)ccc32)c1-c1ccccn1. The molecule has 4 heterocycles. The van der Waals surface area contributed by atoms with Crippen LogP contribution in [-0.2, 0) is 31.9 Å². The summed E-state index contributed by atoms with van der Waals surface area (Å²) in [6.45, 7) is 8.65. The van der Waals surface area contributed by atoms with Crippen LogP contribution in [-0.4, -0.2) is 15.0 Å². The minimum atomic E-state index is 0. The zero-order valence-electron chi connectivity index (χ0n) is 25.3. The fourth-order valence-electron chi connectivity index (χ4n) is 4.92. The quantitative estimate of drug-likeness (QED) is 0.168. The Balaban J connectivity index is 0.000000187. The monoisotopic (exact) mass is 752 g/mol. The van der Waals surface area contributed by atoms with Gasteiger partial charge in [-0.3, -0.25) is 0 Å². The van der Waals surface area contributed by atoms with Gasteiger partial charge in [0, 0.05) is 50.0 Å². The molecule has 4 nitrogen and oxygen atoms in total. The molecule has 44 heavy (non-hydrogen) atoms. The maximum absolute atomic E-state index is 6.13. The third-order valence-corrected chi connectivity index (χ3v) is 7.38. The first-order valence-corrected chi connectivity index (χ1v) is 14.5. The zero-order valence-corrected chi connectivity index (χ0v) is 27.7. The first-order chi connectivity index (χ1) is 20.8. The summed E-state index contributed by atoms with van der Waals surface area (Å²) in [6.07, 6.45) is 4.52. The van der Waals surface area contributed by atoms with Gasteiger partial charge in [-0.2, -0.15) is 0 Å². The second-order valence-corrected chi connectivity index (χ2v) is 11.7. The molecule has 4 aromatic heterocycles. The summed E-state index contributed by atoms with van der Waals surface area (Å²) in [7, 11) is 0. The van der Waals surface area contributed by atoms with Gasteiger partial charge in [-0.25, -0.2) is 4.98 Å². The van der Waals surface area contributed by atoms with Crippen LogP contribution < -0.4 is 0 Å². The Morgan fingerprint density at radius 1 is 0.750 bits per heavy atom. The van der Waals surface area contributed by atoms with Crippen molar-refractivity contribution in [3.8, 4) is 22.5 Å². The van der Waals surface area contributed by atoms with Gasteiger partial charge in [0.25, 0.3) is 0 Å². The molecule has 7 aromatic rings. The molecule has 7 rings (SSSR count). The standard InChI is InChI=1S/C23H15N2O.C16H18N.Ir/c1-2-7-16(8-3-1)15-17-12-13-19-18-9-6-10-20(21-11-4-5-14-24-21)22(18)26-23(19)25-17;1-12-5-7-13(8-6-12)15-10-9-14(11-17-15)16(2,3)4;/h1-9,11-14H,15H2;5-7,9-11H,1-4H3;/q2*-1;. The van der Waals surface area contributed by atoms with Crippen LogP contribution in [0.5, 0.6) is 0 Å². The van der Waals surface area contributed by atoms with Crippen molar-refractivity contribution < 1.29 is 24.5 Å². The molecule has 0 aliphatic carbocycles. The van der Waals surface area contributed by atoms with E-state index in [2.05, 4.69) is 98.3 Å². The van der Waals surface area contributed by atoms with Crippen molar-refractivity contribution in [2.45, 2.75) is 39.5 Å². The summed E-state index contributed by atoms with van der Waals surface area (Å²) in [4.78, 5) is 13.7. The molecule has 0 unspecified atom stereocenters. The summed E-state index contributed by atoms with van der Waals surface area (Å²) in [6, 6.07) is 41.1. The van der Waals surface area contributed by atoms with Gasteiger partial charge < -0.3 is 14.4 Å². The summed E-state index contributed by atoms with van der Waals surface area (Å²) in [5, 5.41) is 2.06. The van der Waals surface area contributed by atoms with E-state index in [1.807, 2.05) is 60.8 Å². The summed E-state index contributed by atoms with van der Waals surface area (Å²) >= 11 is 0. The molecule has 0 fully saturated rings. The second kappa shape index (κ2) is 13.5. The molecule has 0 atom stereocenters. The molecule has 0 aliphatic heterocycles. The van der Waals surface area contributed by atoms with Gasteiger partial charge in [0.15, 0.2) is 0 Å². The number of rotatable bonds is 4. The number of hydrogen-bond donors (Lipinski definition) is 0. The van der Waals surface area contributed by atoms with Gasteiger partial charge in [0.05, 0.1) is 5.58 Å². The van der Waals surface area contributed by atoms with Crippen molar-refractivity contribution in [3.63, 3.8) is 0 Å². The number of benzene rings is 3. The van der Waals surface area contributed by atoms with Crippen molar-refractivity contribution in [1.29, 1.82) is 0 Å². The summed E-state index contributed by atoms with van der Waals surface area (Å²) < 4.78 is 6.13. The maximum Gasteiger partial charge on any atom is 0.216 e. The third kappa shape index (κ3) is 7.02. The van der Waals surface area contributed by atoms with E-state index in [-0.39, 0.29) is 25.5 Å². The number of aryl methyl sites for hydroxylation is 1. The maximum atomic E-state index is 6.13. The Morgan fingerprint density at radius 2 is 1.57 bits per heavy atom. The largest absolute Gasteiger partial charge is 0.486 e. The average molecular weight is 752 g/mol. The number of furan rings is 1. The van der Waals surface area contributed by atoms with Gasteiger partial charge in [-0.15, -0.1) is 53.6 Å². The topological polar surface area (TPSA) is 51.8 Å². The molecule has 0 amide bonds. The minimum Gasteiger partial charge on any atom is -0.486 e. The first-order valence-electron chi connectivity index (χ1n) is 14.5. The van der Waals surface area contributed by atoms with Gasteiger partial charge in [0.2, 0.25) is 5.71 Å². The number of nitrogens with zero attached hydrogens (tertiary/aromatic N) is 3. The molecular weight excluding hydrogens is 719 g/mol. The average Bonchev–Trinajstić information content (AvgIpc) is 3.40. The number of fused-ring (bicyclic) bond motifs is 3. The van der Waals surface area contributed by atoms with E-state index >= 15 is 0 Å². The third-order valence-electron chi connectivity index (χ3n) is 7.38. The number of aromatic nitrogens is 3. The van der Waals surface area contributed by atoms with E-state index < -0.39 is 0 Å². The molecule has 221 valence electrons. The molecule has 0 saturated heterocycles.